The summed E-state index contributed by atoms with van der Waals surface area (Å²) < 4.78 is 20.4. The Morgan fingerprint density at radius 1 is 0.818 bits per heavy atom. The Morgan fingerprint density at radius 2 is 1.39 bits per heavy atom. The number of rotatable bonds is 8. The van der Waals surface area contributed by atoms with Crippen molar-refractivity contribution < 1.29 is 14.2 Å². The molecule has 4 aromatic carbocycles. The van der Waals surface area contributed by atoms with E-state index < -0.39 is 17.8 Å². The van der Waals surface area contributed by atoms with Crippen LogP contribution in [-0.2, 0) is 4.57 Å². The number of ether oxygens (including phenoxy) is 1. The number of hydrogen-bond donors (Lipinski definition) is 1. The Balaban J connectivity index is 1.91. The highest BCUT2D eigenvalue weighted by atomic mass is 31.2. The Labute approximate surface area is 192 Å². The van der Waals surface area contributed by atoms with Gasteiger partial charge in [0, 0.05) is 28.4 Å². The monoisotopic (exact) mass is 458 g/mol. The van der Waals surface area contributed by atoms with Crippen LogP contribution < -0.4 is 20.7 Å². The molecule has 0 aliphatic rings. The first-order chi connectivity index (χ1) is 16.0. The van der Waals surface area contributed by atoms with Crippen LogP contribution in [0.25, 0.3) is 0 Å². The summed E-state index contributed by atoms with van der Waals surface area (Å²) >= 11 is 0. The summed E-state index contributed by atoms with van der Waals surface area (Å²) in [5, 5.41) is 16.1. The summed E-state index contributed by atoms with van der Waals surface area (Å²) in [6, 6.07) is 32.3. The fraction of sp³-hybridized carbons (Fsp3) is 0.0769. The van der Waals surface area contributed by atoms with Crippen molar-refractivity contribution >= 4 is 29.1 Å². The second kappa shape index (κ2) is 9.72. The molecule has 0 aromatic heterocycles. The molecule has 33 heavy (non-hydrogen) atoms. The molecule has 0 bridgehead atoms. The molecule has 0 unspecified atom stereocenters. The number of benzene rings is 4. The lowest BCUT2D eigenvalue weighted by Crippen LogP contribution is -2.25. The lowest BCUT2D eigenvalue weighted by Gasteiger charge is -2.31. The predicted molar refractivity (Wildman–Crippen MR) is 132 cm³/mol. The summed E-state index contributed by atoms with van der Waals surface area (Å²) in [7, 11) is -1.72. The van der Waals surface area contributed by atoms with Gasteiger partial charge in [-0.2, -0.15) is 0 Å². The Hall–Kier alpha value is -3.89. The average Bonchev–Trinajstić information content (AvgIpc) is 2.88. The minimum Gasteiger partial charge on any atom is -0.497 e. The molecule has 0 saturated carbocycles. The third kappa shape index (κ3) is 4.66. The summed E-state index contributed by atoms with van der Waals surface area (Å²) in [6.45, 7) is 0. The first kappa shape index (κ1) is 22.3. The molecule has 6 nitrogen and oxygen atoms in total. The predicted octanol–water partition coefficient (Wildman–Crippen LogP) is 5.73. The number of nitrogens with zero attached hydrogens (tertiary/aromatic N) is 1. The maximum atomic E-state index is 15.1. The number of anilines is 1. The average molecular weight is 458 g/mol. The Bertz CT molecular complexity index is 1240. The molecule has 4 rings (SSSR count). The van der Waals surface area contributed by atoms with Gasteiger partial charge >= 0.3 is 0 Å². The van der Waals surface area contributed by atoms with Crippen molar-refractivity contribution in [2.24, 2.45) is 0 Å². The van der Waals surface area contributed by atoms with Crippen LogP contribution in [0.15, 0.2) is 109 Å². The molecule has 166 valence electrons. The van der Waals surface area contributed by atoms with E-state index in [2.05, 4.69) is 5.32 Å². The smallest absolute Gasteiger partial charge is 0.271 e. The highest BCUT2D eigenvalue weighted by Gasteiger charge is 2.38. The zero-order valence-electron chi connectivity index (χ0n) is 18.0. The first-order valence-electron chi connectivity index (χ1n) is 10.4. The fourth-order valence-electron chi connectivity index (χ4n) is 3.78. The second-order valence-corrected chi connectivity index (χ2v) is 10.3. The van der Waals surface area contributed by atoms with Gasteiger partial charge in [-0.05, 0) is 23.8 Å². The molecular weight excluding hydrogens is 435 g/mol. The number of nitro benzene ring substituents is 1. The largest absolute Gasteiger partial charge is 0.497 e. The highest BCUT2D eigenvalue weighted by molar-refractivity contribution is 7.79. The van der Waals surface area contributed by atoms with Crippen molar-refractivity contribution in [3.8, 4) is 5.75 Å². The van der Waals surface area contributed by atoms with Crippen molar-refractivity contribution in [1.82, 2.24) is 0 Å². The van der Waals surface area contributed by atoms with E-state index in [1.807, 2.05) is 84.9 Å². The number of non-ortho nitro benzene ring substituents is 1. The van der Waals surface area contributed by atoms with Gasteiger partial charge < -0.3 is 14.6 Å². The maximum absolute atomic E-state index is 15.1. The zero-order valence-corrected chi connectivity index (χ0v) is 18.9. The van der Waals surface area contributed by atoms with Crippen LogP contribution in [0.3, 0.4) is 0 Å². The van der Waals surface area contributed by atoms with E-state index in [4.69, 9.17) is 4.74 Å². The van der Waals surface area contributed by atoms with Gasteiger partial charge in [0.05, 0.1) is 12.0 Å². The van der Waals surface area contributed by atoms with E-state index in [0.717, 1.165) is 5.56 Å². The first-order valence-corrected chi connectivity index (χ1v) is 12.2. The van der Waals surface area contributed by atoms with Crippen LogP contribution in [0.1, 0.15) is 11.3 Å². The van der Waals surface area contributed by atoms with E-state index in [1.165, 1.54) is 12.1 Å². The summed E-state index contributed by atoms with van der Waals surface area (Å²) in [5.41, 5.74) is 1.25. The van der Waals surface area contributed by atoms with Gasteiger partial charge in [0.2, 0.25) is 0 Å². The van der Waals surface area contributed by atoms with Gasteiger partial charge in [0.1, 0.15) is 11.5 Å². The third-order valence-corrected chi connectivity index (χ3v) is 8.72. The van der Waals surface area contributed by atoms with E-state index in [-0.39, 0.29) is 5.69 Å². The van der Waals surface area contributed by atoms with Crippen LogP contribution in [0.2, 0.25) is 0 Å². The molecule has 0 fully saturated rings. The molecule has 0 heterocycles. The van der Waals surface area contributed by atoms with Crippen molar-refractivity contribution in [3.05, 3.63) is 125 Å². The topological polar surface area (TPSA) is 81.5 Å². The van der Waals surface area contributed by atoms with E-state index in [1.54, 1.807) is 19.2 Å². The fourth-order valence-corrected chi connectivity index (χ4v) is 6.83. The molecule has 1 atom stereocenters. The molecule has 7 heteroatoms. The standard InChI is InChI=1S/C26H23N2O4P/c1-32-23-17-15-20(16-18-23)26(27-21-9-8-10-22(19-21)28(29)30)33(31,24-11-4-2-5-12-24)25-13-6-3-7-14-25/h2-19,26-27H,1H3/t26-/m1/s1. The molecule has 0 amide bonds. The second-order valence-electron chi connectivity index (χ2n) is 7.46. The minimum absolute atomic E-state index is 0.0391. The molecule has 0 aliphatic heterocycles. The van der Waals surface area contributed by atoms with Gasteiger partial charge in [-0.3, -0.25) is 10.1 Å². The van der Waals surface area contributed by atoms with Gasteiger partial charge in [0.15, 0.2) is 7.14 Å². The number of nitrogens with one attached hydrogen (secondary N) is 1. The quantitative estimate of drug-likeness (QED) is 0.207. The van der Waals surface area contributed by atoms with Gasteiger partial charge in [0.25, 0.3) is 5.69 Å². The molecular formula is C26H23N2O4P. The van der Waals surface area contributed by atoms with Crippen molar-refractivity contribution in [2.75, 3.05) is 12.4 Å². The van der Waals surface area contributed by atoms with Gasteiger partial charge in [-0.1, -0.05) is 78.9 Å². The molecule has 4 aromatic rings. The van der Waals surface area contributed by atoms with Crippen molar-refractivity contribution in [2.45, 2.75) is 5.78 Å². The van der Waals surface area contributed by atoms with Crippen LogP contribution in [-0.4, -0.2) is 12.0 Å². The lowest BCUT2D eigenvalue weighted by molar-refractivity contribution is -0.384. The SMILES string of the molecule is COc1ccc([C@H](Nc2cccc([N+](=O)[O-])c2)P(=O)(c2ccccc2)c2ccccc2)cc1. The Morgan fingerprint density at radius 3 is 1.91 bits per heavy atom. The van der Waals surface area contributed by atoms with Crippen LogP contribution in [0.5, 0.6) is 5.75 Å². The van der Waals surface area contributed by atoms with Gasteiger partial charge in [-0.15, -0.1) is 0 Å². The summed E-state index contributed by atoms with van der Waals surface area (Å²) in [5.74, 6) is 0.0114. The van der Waals surface area contributed by atoms with E-state index >= 15 is 4.57 Å². The number of nitro groups is 1. The van der Waals surface area contributed by atoms with Gasteiger partial charge in [-0.25, -0.2) is 0 Å². The highest BCUT2D eigenvalue weighted by Crippen LogP contribution is 2.57. The lowest BCUT2D eigenvalue weighted by atomic mass is 10.2. The molecule has 0 aliphatic carbocycles. The minimum atomic E-state index is -3.31. The van der Waals surface area contributed by atoms with Crippen LogP contribution >= 0.6 is 7.14 Å². The molecule has 0 radical (unpaired) electrons. The maximum Gasteiger partial charge on any atom is 0.271 e. The normalized spacial score (nSPS) is 12.0. The van der Waals surface area contributed by atoms with E-state index in [9.17, 15) is 10.1 Å². The van der Waals surface area contributed by atoms with Crippen molar-refractivity contribution in [1.29, 1.82) is 0 Å². The van der Waals surface area contributed by atoms with Crippen molar-refractivity contribution in [3.63, 3.8) is 0 Å². The Kier molecular flexibility index (Phi) is 6.57. The summed E-state index contributed by atoms with van der Waals surface area (Å²) in [4.78, 5) is 10.9. The number of methoxy groups -OCH3 is 1. The molecule has 0 spiro atoms. The van der Waals surface area contributed by atoms with E-state index in [0.29, 0.717) is 22.0 Å². The number of hydrogen-bond acceptors (Lipinski definition) is 5. The van der Waals surface area contributed by atoms with Crippen LogP contribution in [0, 0.1) is 10.1 Å². The third-order valence-electron chi connectivity index (χ3n) is 5.44. The molecule has 1 N–H and O–H groups in total. The zero-order chi connectivity index (χ0) is 23.3. The molecule has 0 saturated heterocycles. The summed E-state index contributed by atoms with van der Waals surface area (Å²) in [6.07, 6.45) is 0. The van der Waals surface area contributed by atoms with Crippen LogP contribution in [0.4, 0.5) is 11.4 Å².